The second kappa shape index (κ2) is 19.0. The minimum absolute atomic E-state index is 0.0806. The third-order valence-electron chi connectivity index (χ3n) is 11.9. The molecule has 7 heterocycles. The number of piperazine rings is 1. The Hall–Kier alpha value is -5.56. The molecule has 3 aromatic heterocycles. The maximum atomic E-state index is 13.1. The fourth-order valence-corrected chi connectivity index (χ4v) is 8.60. The fourth-order valence-electron chi connectivity index (χ4n) is 8.60. The van der Waals surface area contributed by atoms with E-state index in [1.54, 1.807) is 37.7 Å². The van der Waals surface area contributed by atoms with E-state index in [9.17, 15) is 19.2 Å². The van der Waals surface area contributed by atoms with Gasteiger partial charge >= 0.3 is 0 Å². The molecule has 0 saturated carbocycles. The lowest BCUT2D eigenvalue weighted by Gasteiger charge is -2.34. The molecule has 0 bridgehead atoms. The van der Waals surface area contributed by atoms with E-state index in [-0.39, 0.29) is 30.0 Å². The Morgan fingerprint density at radius 1 is 0.836 bits per heavy atom. The van der Waals surface area contributed by atoms with Gasteiger partial charge in [0.15, 0.2) is 0 Å². The van der Waals surface area contributed by atoms with Crippen LogP contribution in [0.3, 0.4) is 0 Å². The molecule has 0 radical (unpaired) electrons. The van der Waals surface area contributed by atoms with Gasteiger partial charge in [-0.1, -0.05) is 0 Å². The molecule has 3 fully saturated rings. The Bertz CT molecular complexity index is 2230. The summed E-state index contributed by atoms with van der Waals surface area (Å²) >= 11 is 0. The predicted octanol–water partition coefficient (Wildman–Crippen LogP) is 3.56. The van der Waals surface area contributed by atoms with E-state index in [0.29, 0.717) is 49.3 Å². The normalized spacial score (nSPS) is 19.3. The first-order valence-corrected chi connectivity index (χ1v) is 21.4. The largest absolute Gasteiger partial charge is 0.494 e. The van der Waals surface area contributed by atoms with Crippen molar-refractivity contribution in [2.24, 2.45) is 0 Å². The molecule has 1 unspecified atom stereocenters. The average Bonchev–Trinajstić information content (AvgIpc) is 3.75. The summed E-state index contributed by atoms with van der Waals surface area (Å²) in [7, 11) is 1.77. The summed E-state index contributed by atoms with van der Waals surface area (Å²) in [6, 6.07) is 7.88. The lowest BCUT2D eigenvalue weighted by Crippen LogP contribution is -2.54. The van der Waals surface area contributed by atoms with E-state index in [2.05, 4.69) is 53.7 Å². The zero-order chi connectivity index (χ0) is 42.5. The highest BCUT2D eigenvalue weighted by molar-refractivity contribution is 6.23. The summed E-state index contributed by atoms with van der Waals surface area (Å²) in [6.45, 7) is 13.3. The number of anilines is 3. The van der Waals surface area contributed by atoms with Gasteiger partial charge in [-0.25, -0.2) is 15.0 Å². The number of ether oxygens (including phenoxy) is 3. The first-order chi connectivity index (χ1) is 29.6. The molecule has 2 N–H and O–H groups in total. The van der Waals surface area contributed by atoms with Gasteiger partial charge in [0.2, 0.25) is 17.8 Å². The number of nitrogens with one attached hydrogen (secondary N) is 2. The summed E-state index contributed by atoms with van der Waals surface area (Å²) in [5.41, 5.74) is 2.27. The summed E-state index contributed by atoms with van der Waals surface area (Å²) in [6.07, 6.45) is 7.72. The summed E-state index contributed by atoms with van der Waals surface area (Å²) in [5, 5.41) is 5.59. The number of rotatable bonds is 17. The second-order valence-electron chi connectivity index (χ2n) is 16.3. The van der Waals surface area contributed by atoms with Gasteiger partial charge in [-0.05, 0) is 70.2 Å². The third kappa shape index (κ3) is 9.67. The van der Waals surface area contributed by atoms with Crippen molar-refractivity contribution in [3.8, 4) is 5.75 Å². The van der Waals surface area contributed by atoms with Crippen LogP contribution in [0.5, 0.6) is 5.75 Å². The minimum Gasteiger partial charge on any atom is -0.494 e. The average molecular weight is 838 g/mol. The fraction of sp³-hybridized carbons (Fsp3) is 0.535. The van der Waals surface area contributed by atoms with E-state index in [1.807, 2.05) is 12.1 Å². The number of aromatic nitrogens is 5. The first kappa shape index (κ1) is 42.1. The number of nitrogens with zero attached hydrogens (tertiary/aromatic N) is 9. The summed E-state index contributed by atoms with van der Waals surface area (Å²) in [5.74, 6) is 1.36. The lowest BCUT2D eigenvalue weighted by atomic mass is 10.0. The van der Waals surface area contributed by atoms with Gasteiger partial charge in [0.05, 0.1) is 35.6 Å². The van der Waals surface area contributed by atoms with Crippen LogP contribution >= 0.6 is 0 Å². The number of methoxy groups -OCH3 is 1. The molecule has 4 amide bonds. The maximum Gasteiger partial charge on any atom is 0.262 e. The number of benzene rings is 1. The second-order valence-corrected chi connectivity index (χ2v) is 16.3. The highest BCUT2D eigenvalue weighted by Crippen LogP contribution is 2.31. The number of carbonyl (C=O) groups excluding carboxylic acids is 4. The van der Waals surface area contributed by atoms with Gasteiger partial charge < -0.3 is 38.8 Å². The summed E-state index contributed by atoms with van der Waals surface area (Å²) in [4.78, 5) is 76.9. The highest BCUT2D eigenvalue weighted by Gasteiger charge is 2.44. The van der Waals surface area contributed by atoms with Gasteiger partial charge in [-0.2, -0.15) is 4.98 Å². The van der Waals surface area contributed by atoms with Crippen LogP contribution in [0.2, 0.25) is 0 Å². The molecule has 18 nitrogen and oxygen atoms in total. The molecule has 324 valence electrons. The first-order valence-electron chi connectivity index (χ1n) is 21.4. The molecule has 1 atom stereocenters. The van der Waals surface area contributed by atoms with Crippen molar-refractivity contribution in [1.29, 1.82) is 0 Å². The van der Waals surface area contributed by atoms with Crippen LogP contribution in [0.4, 0.5) is 17.6 Å². The molecular weight excluding hydrogens is 783 g/mol. The van der Waals surface area contributed by atoms with Gasteiger partial charge in [-0.15, -0.1) is 0 Å². The molecule has 3 saturated heterocycles. The Labute approximate surface area is 354 Å². The van der Waals surface area contributed by atoms with Gasteiger partial charge in [0, 0.05) is 90.8 Å². The predicted molar refractivity (Wildman–Crippen MR) is 226 cm³/mol. The van der Waals surface area contributed by atoms with Gasteiger partial charge in [-0.3, -0.25) is 29.4 Å². The summed E-state index contributed by atoms with van der Waals surface area (Å²) < 4.78 is 19.9. The van der Waals surface area contributed by atoms with Crippen molar-refractivity contribution < 1.29 is 33.4 Å². The zero-order valence-electron chi connectivity index (χ0n) is 35.2. The van der Waals surface area contributed by atoms with Crippen molar-refractivity contribution >= 4 is 52.2 Å². The lowest BCUT2D eigenvalue weighted by molar-refractivity contribution is -0.136. The van der Waals surface area contributed by atoms with Crippen LogP contribution in [0, 0.1) is 0 Å². The van der Waals surface area contributed by atoms with Crippen molar-refractivity contribution in [3.05, 3.63) is 59.7 Å². The van der Waals surface area contributed by atoms with Crippen molar-refractivity contribution in [3.63, 3.8) is 0 Å². The quantitative estimate of drug-likeness (QED) is 0.116. The number of pyridine rings is 1. The number of piperidine rings is 2. The van der Waals surface area contributed by atoms with E-state index < -0.39 is 29.7 Å². The van der Waals surface area contributed by atoms with Crippen molar-refractivity contribution in [2.45, 2.75) is 77.2 Å². The number of imide groups is 2. The van der Waals surface area contributed by atoms with E-state index in [0.717, 1.165) is 99.8 Å². The minimum atomic E-state index is -0.991. The van der Waals surface area contributed by atoms with Crippen LogP contribution in [-0.2, 0) is 25.7 Å². The topological polar surface area (TPSA) is 189 Å². The van der Waals surface area contributed by atoms with Gasteiger partial charge in [0.1, 0.15) is 41.4 Å². The molecule has 18 heteroatoms. The molecule has 4 aliphatic heterocycles. The molecule has 0 aliphatic carbocycles. The van der Waals surface area contributed by atoms with E-state index >= 15 is 0 Å². The van der Waals surface area contributed by atoms with Gasteiger partial charge in [0.25, 0.3) is 11.8 Å². The monoisotopic (exact) mass is 837 g/mol. The number of hydrogen-bond donors (Lipinski definition) is 2. The molecule has 61 heavy (non-hydrogen) atoms. The van der Waals surface area contributed by atoms with E-state index in [4.69, 9.17) is 24.2 Å². The van der Waals surface area contributed by atoms with Crippen LogP contribution in [0.25, 0.3) is 11.0 Å². The molecular formula is C43H55N11O7. The van der Waals surface area contributed by atoms with Crippen molar-refractivity contribution in [2.75, 3.05) is 82.9 Å². The molecule has 4 aromatic rings. The number of amides is 4. The Morgan fingerprint density at radius 3 is 2.30 bits per heavy atom. The standard InChI is InChI=1S/C43H55N11O7/c1-28(2)53-35-25-37(47-36-10-13-44-43(48-36)52-16-11-29(59-3)12-17-52)45-26-33(35)46-38(53)27-60-22-4-14-50-18-20-51(21-19-50)15-5-23-61-30-6-7-31-32(24-30)42(58)54(41(31)57)34-8-9-39(55)49-40(34)56/h6-7,10,13,24-26,28-29,34H,4-5,8-9,11-12,14-23,27H2,1-3H3,(H,49,55,56)(H,44,45,47,48). The van der Waals surface area contributed by atoms with Crippen molar-refractivity contribution in [1.82, 2.24) is 44.5 Å². The molecule has 8 rings (SSSR count). The molecule has 1 aromatic carbocycles. The van der Waals surface area contributed by atoms with Crippen LogP contribution < -0.4 is 20.3 Å². The molecule has 4 aliphatic rings. The smallest absolute Gasteiger partial charge is 0.262 e. The van der Waals surface area contributed by atoms with Crippen LogP contribution in [-0.4, -0.2) is 148 Å². The third-order valence-corrected chi connectivity index (χ3v) is 11.9. The van der Waals surface area contributed by atoms with Crippen LogP contribution in [0.15, 0.2) is 42.7 Å². The zero-order valence-corrected chi connectivity index (χ0v) is 35.2. The number of hydrogen-bond acceptors (Lipinski definition) is 15. The number of carbonyl (C=O) groups is 4. The Kier molecular flexibility index (Phi) is 13.1. The maximum absolute atomic E-state index is 13.1. The van der Waals surface area contributed by atoms with E-state index in [1.165, 1.54) is 0 Å². The number of imidazole rings is 1. The Balaban J connectivity index is 0.737. The van der Waals surface area contributed by atoms with Crippen LogP contribution in [0.1, 0.15) is 85.0 Å². The highest BCUT2D eigenvalue weighted by atomic mass is 16.5. The number of fused-ring (bicyclic) bond motifs is 2. The Morgan fingerprint density at radius 2 is 1.57 bits per heavy atom. The SMILES string of the molecule is COC1CCN(c2nccc(Nc3cc4c(cn3)nc(COCCCN3CCN(CCCOc5ccc6c(c5)C(=O)N(C5CCC(=O)NC5=O)C6=O)CC3)n4C(C)C)n2)CC1. The molecule has 0 spiro atoms.